The third-order valence-electron chi connectivity index (χ3n) is 5.57. The van der Waals surface area contributed by atoms with E-state index in [2.05, 4.69) is 4.72 Å². The van der Waals surface area contributed by atoms with Gasteiger partial charge in [-0.1, -0.05) is 35.9 Å². The molecule has 10 heteroatoms. The number of rotatable bonds is 8. The van der Waals surface area contributed by atoms with E-state index >= 15 is 0 Å². The minimum atomic E-state index is -3.85. The lowest BCUT2D eigenvalue weighted by Crippen LogP contribution is -2.44. The lowest BCUT2D eigenvalue weighted by atomic mass is 10.0. The smallest absolute Gasteiger partial charge is 0.328 e. The van der Waals surface area contributed by atoms with Gasteiger partial charge in [-0.3, -0.25) is 9.52 Å². The van der Waals surface area contributed by atoms with Crippen LogP contribution >= 0.6 is 11.6 Å². The predicted octanol–water partition coefficient (Wildman–Crippen LogP) is 3.94. The number of aliphatic hydroxyl groups is 1. The Morgan fingerprint density at radius 1 is 1.00 bits per heavy atom. The fourth-order valence-corrected chi connectivity index (χ4v) is 5.11. The van der Waals surface area contributed by atoms with Crippen molar-refractivity contribution in [3.05, 3.63) is 82.4 Å². The fraction of sp³-hybridized carbons (Fsp3) is 0.200. The van der Waals surface area contributed by atoms with Crippen LogP contribution in [0.5, 0.6) is 0 Å². The van der Waals surface area contributed by atoms with Crippen molar-refractivity contribution in [3.8, 4) is 11.1 Å². The van der Waals surface area contributed by atoms with Gasteiger partial charge in [0.25, 0.3) is 15.9 Å². The van der Waals surface area contributed by atoms with E-state index in [1.54, 1.807) is 68.4 Å². The summed E-state index contributed by atoms with van der Waals surface area (Å²) in [4.78, 5) is 24.9. The quantitative estimate of drug-likeness (QED) is 0.416. The molecule has 35 heavy (non-hydrogen) atoms. The first-order chi connectivity index (χ1) is 16.4. The number of carbonyl (C=O) groups excluding carboxylic acids is 1. The Balaban J connectivity index is 1.83. The molecule has 0 aliphatic heterocycles. The number of hydrogen-bond acceptors (Lipinski definition) is 5. The summed E-state index contributed by atoms with van der Waals surface area (Å²) >= 11 is 6.09. The van der Waals surface area contributed by atoms with Crippen LogP contribution in [0.25, 0.3) is 11.1 Å². The molecule has 0 unspecified atom stereocenters. The maximum absolute atomic E-state index is 13.0. The van der Waals surface area contributed by atoms with Crippen LogP contribution < -0.4 is 4.72 Å². The van der Waals surface area contributed by atoms with Gasteiger partial charge in [0, 0.05) is 23.3 Å². The second kappa shape index (κ2) is 10.5. The molecule has 0 aromatic heterocycles. The molecular formula is C25H25ClN2O6S. The molecule has 0 saturated carbocycles. The Morgan fingerprint density at radius 2 is 1.66 bits per heavy atom. The van der Waals surface area contributed by atoms with Crippen molar-refractivity contribution in [1.29, 1.82) is 0 Å². The first-order valence-electron chi connectivity index (χ1n) is 10.6. The number of amides is 1. The van der Waals surface area contributed by atoms with E-state index in [0.717, 1.165) is 10.5 Å². The zero-order chi connectivity index (χ0) is 25.9. The maximum atomic E-state index is 13.0. The third-order valence-corrected chi connectivity index (χ3v) is 7.50. The summed E-state index contributed by atoms with van der Waals surface area (Å²) in [6.07, 6.45) is 0. The summed E-state index contributed by atoms with van der Waals surface area (Å²) in [6.45, 7) is 2.71. The van der Waals surface area contributed by atoms with Gasteiger partial charge in [0.15, 0.2) is 6.04 Å². The lowest BCUT2D eigenvalue weighted by molar-refractivity contribution is -0.143. The predicted molar refractivity (Wildman–Crippen MR) is 134 cm³/mol. The molecule has 0 aliphatic carbocycles. The van der Waals surface area contributed by atoms with Crippen LogP contribution in [0.15, 0.2) is 65.6 Å². The van der Waals surface area contributed by atoms with Crippen molar-refractivity contribution in [2.24, 2.45) is 0 Å². The van der Waals surface area contributed by atoms with E-state index in [4.69, 9.17) is 16.7 Å². The molecule has 0 spiro atoms. The molecule has 3 aromatic carbocycles. The highest BCUT2D eigenvalue weighted by Gasteiger charge is 2.26. The van der Waals surface area contributed by atoms with Crippen molar-refractivity contribution >= 4 is 39.2 Å². The van der Waals surface area contributed by atoms with Gasteiger partial charge in [0.1, 0.15) is 0 Å². The number of hydrogen-bond donors (Lipinski definition) is 3. The molecule has 3 N–H and O–H groups in total. The van der Waals surface area contributed by atoms with E-state index in [0.29, 0.717) is 27.4 Å². The largest absolute Gasteiger partial charge is 0.480 e. The Morgan fingerprint density at radius 3 is 2.26 bits per heavy atom. The zero-order valence-electron chi connectivity index (χ0n) is 19.3. The number of nitrogens with one attached hydrogen (secondary N) is 1. The summed E-state index contributed by atoms with van der Waals surface area (Å²) in [5, 5.41) is 18.9. The number of anilines is 1. The third kappa shape index (κ3) is 5.82. The number of benzene rings is 3. The molecule has 1 amide bonds. The molecule has 0 bridgehead atoms. The lowest BCUT2D eigenvalue weighted by Gasteiger charge is -2.23. The normalized spacial score (nSPS) is 12.1. The average molecular weight is 517 g/mol. The Labute approximate surface area is 208 Å². The highest BCUT2D eigenvalue weighted by Crippen LogP contribution is 2.28. The molecule has 0 aliphatic rings. The van der Waals surface area contributed by atoms with Crippen LogP contribution in [0, 0.1) is 13.8 Å². The summed E-state index contributed by atoms with van der Waals surface area (Å²) in [5.41, 5.74) is 3.23. The summed E-state index contributed by atoms with van der Waals surface area (Å²) in [6, 6.07) is 15.0. The average Bonchev–Trinajstić information content (AvgIpc) is 2.81. The van der Waals surface area contributed by atoms with Crippen LogP contribution in [0.4, 0.5) is 5.69 Å². The summed E-state index contributed by atoms with van der Waals surface area (Å²) < 4.78 is 28.6. The number of carbonyl (C=O) groups is 2. The Hall–Kier alpha value is -3.40. The second-order valence-corrected chi connectivity index (χ2v) is 10.1. The van der Waals surface area contributed by atoms with Gasteiger partial charge in [-0.2, -0.15) is 0 Å². The van der Waals surface area contributed by atoms with Gasteiger partial charge >= 0.3 is 5.97 Å². The minimum Gasteiger partial charge on any atom is -0.480 e. The maximum Gasteiger partial charge on any atom is 0.328 e. The van der Waals surface area contributed by atoms with E-state index in [1.165, 1.54) is 13.1 Å². The van der Waals surface area contributed by atoms with Gasteiger partial charge in [0.2, 0.25) is 0 Å². The SMILES string of the molecule is Cc1cc(S(=O)(=O)Nc2cccc(-c3ccc(C(=O)N(C)[C@@H](CO)C(=O)O)cc3)c2)c(C)cc1Cl. The molecule has 0 radical (unpaired) electrons. The van der Waals surface area contributed by atoms with E-state index < -0.39 is 34.5 Å². The molecular weight excluding hydrogens is 492 g/mol. The van der Waals surface area contributed by atoms with Crippen LogP contribution in [0.3, 0.4) is 0 Å². The van der Waals surface area contributed by atoms with Crippen LogP contribution in [-0.4, -0.2) is 55.1 Å². The Bertz CT molecular complexity index is 1370. The van der Waals surface area contributed by atoms with Crippen molar-refractivity contribution in [1.82, 2.24) is 4.90 Å². The van der Waals surface area contributed by atoms with Gasteiger partial charge in [-0.15, -0.1) is 0 Å². The number of sulfonamides is 1. The van der Waals surface area contributed by atoms with E-state index in [9.17, 15) is 23.1 Å². The zero-order valence-corrected chi connectivity index (χ0v) is 20.9. The van der Waals surface area contributed by atoms with Gasteiger partial charge in [-0.25, -0.2) is 13.2 Å². The number of nitrogens with zero attached hydrogens (tertiary/aromatic N) is 1. The molecule has 184 valence electrons. The molecule has 3 rings (SSSR count). The molecule has 3 aromatic rings. The minimum absolute atomic E-state index is 0.138. The second-order valence-electron chi connectivity index (χ2n) is 8.08. The van der Waals surface area contributed by atoms with Gasteiger partial charge < -0.3 is 15.1 Å². The topological polar surface area (TPSA) is 124 Å². The highest BCUT2D eigenvalue weighted by molar-refractivity contribution is 7.92. The van der Waals surface area contributed by atoms with Crippen molar-refractivity contribution < 1.29 is 28.2 Å². The standard InChI is InChI=1S/C25H25ClN2O6S/c1-15-12-23(16(2)11-21(15)26)35(33,34)27-20-6-4-5-19(13-20)17-7-9-18(10-8-17)24(30)28(3)22(14-29)25(31)32/h4-13,22,27,29H,14H2,1-3H3,(H,31,32)/t22-/m0/s1. The summed E-state index contributed by atoms with van der Waals surface area (Å²) in [7, 11) is -2.54. The van der Waals surface area contributed by atoms with E-state index in [1.807, 2.05) is 0 Å². The number of halogens is 1. The van der Waals surface area contributed by atoms with Crippen molar-refractivity contribution in [2.45, 2.75) is 24.8 Å². The highest BCUT2D eigenvalue weighted by atomic mass is 35.5. The Kier molecular flexibility index (Phi) is 7.84. The number of aliphatic carboxylic acids is 1. The number of carboxylic acid groups (broad SMARTS) is 1. The van der Waals surface area contributed by atoms with Gasteiger partial charge in [0.05, 0.1) is 11.5 Å². The monoisotopic (exact) mass is 516 g/mol. The molecule has 1 atom stereocenters. The first kappa shape index (κ1) is 26.2. The first-order valence-corrected chi connectivity index (χ1v) is 12.4. The van der Waals surface area contributed by atoms with Crippen molar-refractivity contribution in [2.75, 3.05) is 18.4 Å². The number of aryl methyl sites for hydroxylation is 2. The number of aliphatic hydroxyl groups excluding tert-OH is 1. The van der Waals surface area contributed by atoms with Crippen LogP contribution in [0.1, 0.15) is 21.5 Å². The van der Waals surface area contributed by atoms with Crippen LogP contribution in [-0.2, 0) is 14.8 Å². The molecule has 0 heterocycles. The van der Waals surface area contributed by atoms with Gasteiger partial charge in [-0.05, 0) is 72.5 Å². The van der Waals surface area contributed by atoms with Crippen LogP contribution in [0.2, 0.25) is 5.02 Å². The molecule has 0 saturated heterocycles. The number of carboxylic acids is 1. The summed E-state index contributed by atoms with van der Waals surface area (Å²) in [5.74, 6) is -1.85. The van der Waals surface area contributed by atoms with E-state index in [-0.39, 0.29) is 10.5 Å². The fourth-order valence-electron chi connectivity index (χ4n) is 3.53. The number of likely N-dealkylation sites (N-methyl/N-ethyl adjacent to an activating group) is 1. The van der Waals surface area contributed by atoms with Crippen molar-refractivity contribution in [3.63, 3.8) is 0 Å². The molecule has 0 fully saturated rings. The molecule has 8 nitrogen and oxygen atoms in total.